The van der Waals surface area contributed by atoms with Crippen LogP contribution in [0.4, 0.5) is 5.69 Å². The Labute approximate surface area is 132 Å². The van der Waals surface area contributed by atoms with Gasteiger partial charge in [-0.2, -0.15) is 0 Å². The molecule has 1 amide bonds. The second kappa shape index (κ2) is 8.52. The lowest BCUT2D eigenvalue weighted by Gasteiger charge is -2.09. The minimum atomic E-state index is -0.666. The highest BCUT2D eigenvalue weighted by atomic mass is 16.5. The summed E-state index contributed by atoms with van der Waals surface area (Å²) in [4.78, 5) is 46.0. The van der Waals surface area contributed by atoms with Crippen LogP contribution < -0.4 is 5.32 Å². The number of esters is 3. The van der Waals surface area contributed by atoms with Gasteiger partial charge in [-0.05, 0) is 18.2 Å². The van der Waals surface area contributed by atoms with Gasteiger partial charge in [0.25, 0.3) is 0 Å². The van der Waals surface area contributed by atoms with E-state index in [4.69, 9.17) is 0 Å². The summed E-state index contributed by atoms with van der Waals surface area (Å²) in [5.74, 6) is -2.31. The molecule has 1 aromatic carbocycles. The standard InChI is InChI=1S/C15H17NO7/c1-21-13(18)5-4-12(17)16-11-7-9(14(19)22-2)6-10(8-11)15(20)23-3/h6-8H,4-5H2,1-3H3,(H,16,17). The number of hydrogen-bond acceptors (Lipinski definition) is 7. The number of rotatable bonds is 6. The van der Waals surface area contributed by atoms with Crippen molar-refractivity contribution in [1.29, 1.82) is 0 Å². The van der Waals surface area contributed by atoms with Crippen molar-refractivity contribution in [2.24, 2.45) is 0 Å². The van der Waals surface area contributed by atoms with E-state index < -0.39 is 23.8 Å². The van der Waals surface area contributed by atoms with Crippen molar-refractivity contribution in [2.75, 3.05) is 26.6 Å². The maximum absolute atomic E-state index is 11.8. The first kappa shape index (κ1) is 18.1. The van der Waals surface area contributed by atoms with Crippen LogP contribution in [-0.2, 0) is 23.8 Å². The predicted octanol–water partition coefficient (Wildman–Crippen LogP) is 1.15. The molecule has 0 atom stereocenters. The van der Waals surface area contributed by atoms with Crippen LogP contribution in [0.3, 0.4) is 0 Å². The van der Waals surface area contributed by atoms with Gasteiger partial charge in [-0.25, -0.2) is 9.59 Å². The molecule has 124 valence electrons. The van der Waals surface area contributed by atoms with Crippen LogP contribution in [-0.4, -0.2) is 45.1 Å². The summed E-state index contributed by atoms with van der Waals surface area (Å²) < 4.78 is 13.6. The second-order valence-electron chi connectivity index (χ2n) is 4.41. The molecule has 8 nitrogen and oxygen atoms in total. The fourth-order valence-electron chi connectivity index (χ4n) is 1.71. The molecule has 1 aromatic rings. The molecule has 0 aliphatic heterocycles. The molecule has 8 heteroatoms. The Kier molecular flexibility index (Phi) is 6.72. The van der Waals surface area contributed by atoms with Crippen molar-refractivity contribution < 1.29 is 33.4 Å². The zero-order valence-electron chi connectivity index (χ0n) is 13.0. The highest BCUT2D eigenvalue weighted by Gasteiger charge is 2.15. The Morgan fingerprint density at radius 3 is 1.78 bits per heavy atom. The van der Waals surface area contributed by atoms with Crippen molar-refractivity contribution in [1.82, 2.24) is 0 Å². The molecule has 1 N–H and O–H groups in total. The quantitative estimate of drug-likeness (QED) is 0.618. The van der Waals surface area contributed by atoms with Crippen LogP contribution in [0.1, 0.15) is 33.6 Å². The van der Waals surface area contributed by atoms with E-state index in [9.17, 15) is 19.2 Å². The fraction of sp³-hybridized carbons (Fsp3) is 0.333. The molecule has 0 aromatic heterocycles. The van der Waals surface area contributed by atoms with Gasteiger partial charge in [-0.15, -0.1) is 0 Å². The average Bonchev–Trinajstić information content (AvgIpc) is 2.57. The largest absolute Gasteiger partial charge is 0.469 e. The Morgan fingerprint density at radius 2 is 1.35 bits per heavy atom. The average molecular weight is 323 g/mol. The predicted molar refractivity (Wildman–Crippen MR) is 79.0 cm³/mol. The third-order valence-electron chi connectivity index (χ3n) is 2.84. The molecule has 23 heavy (non-hydrogen) atoms. The van der Waals surface area contributed by atoms with Crippen LogP contribution in [0.5, 0.6) is 0 Å². The third kappa shape index (κ3) is 5.42. The topological polar surface area (TPSA) is 108 Å². The smallest absolute Gasteiger partial charge is 0.337 e. The number of nitrogens with one attached hydrogen (secondary N) is 1. The molecule has 0 unspecified atom stereocenters. The number of anilines is 1. The lowest BCUT2D eigenvalue weighted by molar-refractivity contribution is -0.141. The number of hydrogen-bond donors (Lipinski definition) is 1. The van der Waals surface area contributed by atoms with E-state index in [2.05, 4.69) is 19.5 Å². The highest BCUT2D eigenvalue weighted by molar-refractivity contribution is 5.99. The summed E-state index contributed by atoms with van der Waals surface area (Å²) >= 11 is 0. The normalized spacial score (nSPS) is 9.70. The molecule has 1 rings (SSSR count). The fourth-order valence-corrected chi connectivity index (χ4v) is 1.71. The van der Waals surface area contributed by atoms with Gasteiger partial charge >= 0.3 is 17.9 Å². The minimum absolute atomic E-state index is 0.0805. The Bertz CT molecular complexity index is 590. The SMILES string of the molecule is COC(=O)CCC(=O)Nc1cc(C(=O)OC)cc(C(=O)OC)c1. The molecule has 0 bridgehead atoms. The van der Waals surface area contributed by atoms with Crippen LogP contribution >= 0.6 is 0 Å². The van der Waals surface area contributed by atoms with E-state index >= 15 is 0 Å². The maximum Gasteiger partial charge on any atom is 0.337 e. The Hall–Kier alpha value is -2.90. The highest BCUT2D eigenvalue weighted by Crippen LogP contribution is 2.17. The van der Waals surface area contributed by atoms with E-state index in [-0.39, 0.29) is 29.7 Å². The molecule has 0 aliphatic carbocycles. The van der Waals surface area contributed by atoms with Crippen LogP contribution in [0, 0.1) is 0 Å². The molecule has 0 saturated heterocycles. The molecule has 0 aliphatic rings. The molecule has 0 heterocycles. The molecular formula is C15H17NO7. The van der Waals surface area contributed by atoms with Crippen LogP contribution in [0.25, 0.3) is 0 Å². The summed E-state index contributed by atoms with van der Waals surface area (Å²) in [5, 5.41) is 2.50. The summed E-state index contributed by atoms with van der Waals surface area (Å²) in [6, 6.07) is 4.00. The summed E-state index contributed by atoms with van der Waals surface area (Å²) in [7, 11) is 3.62. The van der Waals surface area contributed by atoms with Gasteiger partial charge in [0.2, 0.25) is 5.91 Å². The van der Waals surface area contributed by atoms with E-state index in [1.165, 1.54) is 39.5 Å². The van der Waals surface area contributed by atoms with Crippen molar-refractivity contribution in [3.63, 3.8) is 0 Å². The molecule has 0 radical (unpaired) electrons. The molecule has 0 spiro atoms. The zero-order valence-corrected chi connectivity index (χ0v) is 13.0. The van der Waals surface area contributed by atoms with Gasteiger partial charge in [-0.3, -0.25) is 9.59 Å². The van der Waals surface area contributed by atoms with Crippen molar-refractivity contribution in [3.05, 3.63) is 29.3 Å². The second-order valence-corrected chi connectivity index (χ2v) is 4.41. The molecule has 0 fully saturated rings. The molecule has 0 saturated carbocycles. The van der Waals surface area contributed by atoms with Gasteiger partial charge in [-0.1, -0.05) is 0 Å². The van der Waals surface area contributed by atoms with Gasteiger partial charge in [0.05, 0.1) is 38.9 Å². The summed E-state index contributed by atoms with van der Waals surface area (Å²) in [6.45, 7) is 0. The first-order valence-corrected chi connectivity index (χ1v) is 6.59. The number of benzene rings is 1. The van der Waals surface area contributed by atoms with Gasteiger partial charge in [0.1, 0.15) is 0 Å². The van der Waals surface area contributed by atoms with E-state index in [0.717, 1.165) is 0 Å². The van der Waals surface area contributed by atoms with E-state index in [1.54, 1.807) is 0 Å². The summed E-state index contributed by atoms with van der Waals surface area (Å²) in [6.07, 6.45) is -0.175. The Balaban J connectivity index is 2.96. The Morgan fingerprint density at radius 1 is 0.826 bits per heavy atom. The first-order chi connectivity index (χ1) is 10.9. The number of carbonyl (C=O) groups excluding carboxylic acids is 4. The van der Waals surface area contributed by atoms with Gasteiger partial charge in [0.15, 0.2) is 0 Å². The van der Waals surface area contributed by atoms with Gasteiger partial charge < -0.3 is 19.5 Å². The number of amides is 1. The van der Waals surface area contributed by atoms with Crippen molar-refractivity contribution in [2.45, 2.75) is 12.8 Å². The van der Waals surface area contributed by atoms with Crippen molar-refractivity contribution in [3.8, 4) is 0 Å². The zero-order chi connectivity index (χ0) is 17.4. The maximum atomic E-state index is 11.8. The number of carbonyl (C=O) groups is 4. The van der Waals surface area contributed by atoms with Crippen LogP contribution in [0.2, 0.25) is 0 Å². The van der Waals surface area contributed by atoms with E-state index in [0.29, 0.717) is 0 Å². The van der Waals surface area contributed by atoms with E-state index in [1.807, 2.05) is 0 Å². The first-order valence-electron chi connectivity index (χ1n) is 6.59. The van der Waals surface area contributed by atoms with Crippen LogP contribution in [0.15, 0.2) is 18.2 Å². The summed E-state index contributed by atoms with van der Waals surface area (Å²) in [5.41, 5.74) is 0.375. The third-order valence-corrected chi connectivity index (χ3v) is 2.84. The monoisotopic (exact) mass is 323 g/mol. The number of ether oxygens (including phenoxy) is 3. The molecular weight excluding hydrogens is 306 g/mol. The van der Waals surface area contributed by atoms with Gasteiger partial charge in [0, 0.05) is 12.1 Å². The van der Waals surface area contributed by atoms with Crippen molar-refractivity contribution >= 4 is 29.5 Å². The lowest BCUT2D eigenvalue weighted by Crippen LogP contribution is -2.15. The number of methoxy groups -OCH3 is 3. The lowest BCUT2D eigenvalue weighted by atomic mass is 10.1. The minimum Gasteiger partial charge on any atom is -0.469 e.